The monoisotopic (exact) mass is 391 g/mol. The SMILES string of the molecule is CCCCOc1ccc(CCC(C)[N+](C)(C)C)cc1.[I-]. The second kappa shape index (κ2) is 9.61. The fourth-order valence-electron chi connectivity index (χ4n) is 1.85. The molecule has 116 valence electrons. The summed E-state index contributed by atoms with van der Waals surface area (Å²) in [6, 6.07) is 9.27. The zero-order valence-corrected chi connectivity index (χ0v) is 15.8. The van der Waals surface area contributed by atoms with Gasteiger partial charge in [-0.05, 0) is 37.5 Å². The van der Waals surface area contributed by atoms with Crippen LogP contribution in [0.5, 0.6) is 5.75 Å². The third-order valence-electron chi connectivity index (χ3n) is 3.86. The van der Waals surface area contributed by atoms with Crippen molar-refractivity contribution >= 4 is 0 Å². The van der Waals surface area contributed by atoms with Crippen molar-refractivity contribution in [3.63, 3.8) is 0 Å². The summed E-state index contributed by atoms with van der Waals surface area (Å²) >= 11 is 0. The molecular weight excluding hydrogens is 361 g/mol. The Labute approximate surface area is 142 Å². The lowest BCUT2D eigenvalue weighted by molar-refractivity contribution is -0.894. The molecule has 1 aromatic rings. The smallest absolute Gasteiger partial charge is 0.119 e. The van der Waals surface area contributed by atoms with E-state index in [0.717, 1.165) is 29.7 Å². The average Bonchev–Trinajstić information content (AvgIpc) is 2.36. The lowest BCUT2D eigenvalue weighted by atomic mass is 10.0. The number of halogens is 1. The van der Waals surface area contributed by atoms with Gasteiger partial charge in [0.05, 0.1) is 33.8 Å². The Balaban J connectivity index is 0.00000361. The highest BCUT2D eigenvalue weighted by molar-refractivity contribution is 5.27. The molecule has 0 radical (unpaired) electrons. The summed E-state index contributed by atoms with van der Waals surface area (Å²) in [5.74, 6) is 0.997. The van der Waals surface area contributed by atoms with E-state index in [9.17, 15) is 0 Å². The molecule has 1 unspecified atom stereocenters. The Bertz CT molecular complexity index is 356. The third kappa shape index (κ3) is 7.48. The highest BCUT2D eigenvalue weighted by Gasteiger charge is 2.17. The number of benzene rings is 1. The van der Waals surface area contributed by atoms with Gasteiger partial charge >= 0.3 is 0 Å². The van der Waals surface area contributed by atoms with Crippen LogP contribution < -0.4 is 28.7 Å². The number of unbranched alkanes of at least 4 members (excludes halogenated alkanes) is 1. The number of nitrogens with zero attached hydrogens (tertiary/aromatic N) is 1. The Morgan fingerprint density at radius 2 is 1.70 bits per heavy atom. The van der Waals surface area contributed by atoms with Gasteiger partial charge in [0.15, 0.2) is 0 Å². The number of ether oxygens (including phenoxy) is 1. The maximum atomic E-state index is 5.68. The standard InChI is InChI=1S/C17H30NO.HI/c1-6-7-14-19-17-12-10-16(11-13-17)9-8-15(2)18(3,4)5;/h10-13,15H,6-9,14H2,1-5H3;1H/q+1;/p-1. The van der Waals surface area contributed by atoms with Crippen molar-refractivity contribution in [2.75, 3.05) is 27.7 Å². The molecule has 0 fully saturated rings. The topological polar surface area (TPSA) is 9.23 Å². The molecule has 0 saturated carbocycles. The second-order valence-electron chi connectivity index (χ2n) is 6.35. The first-order chi connectivity index (χ1) is 8.93. The molecule has 0 amide bonds. The molecule has 0 aliphatic heterocycles. The van der Waals surface area contributed by atoms with E-state index in [1.54, 1.807) is 0 Å². The van der Waals surface area contributed by atoms with Crippen molar-refractivity contribution in [2.45, 2.75) is 45.6 Å². The zero-order chi connectivity index (χ0) is 14.3. The molecule has 0 aliphatic rings. The third-order valence-corrected chi connectivity index (χ3v) is 3.86. The molecule has 3 heteroatoms. The summed E-state index contributed by atoms with van der Waals surface area (Å²) in [6.45, 7) is 5.33. The molecule has 1 atom stereocenters. The van der Waals surface area contributed by atoms with E-state index in [4.69, 9.17) is 4.74 Å². The van der Waals surface area contributed by atoms with E-state index in [1.807, 2.05) is 0 Å². The van der Waals surface area contributed by atoms with Crippen LogP contribution in [0.15, 0.2) is 24.3 Å². The van der Waals surface area contributed by atoms with E-state index in [1.165, 1.54) is 18.4 Å². The normalized spacial score (nSPS) is 12.7. The first-order valence-corrected chi connectivity index (χ1v) is 7.46. The quantitative estimate of drug-likeness (QED) is 0.364. The van der Waals surface area contributed by atoms with Crippen molar-refractivity contribution < 1.29 is 33.2 Å². The van der Waals surface area contributed by atoms with E-state index in [0.29, 0.717) is 6.04 Å². The van der Waals surface area contributed by atoms with E-state index in [2.05, 4.69) is 59.3 Å². The Morgan fingerprint density at radius 3 is 2.20 bits per heavy atom. The van der Waals surface area contributed by atoms with Gasteiger partial charge in [0.1, 0.15) is 5.75 Å². The fraction of sp³-hybridized carbons (Fsp3) is 0.647. The van der Waals surface area contributed by atoms with Crippen molar-refractivity contribution in [1.29, 1.82) is 0 Å². The van der Waals surface area contributed by atoms with Crippen molar-refractivity contribution in [1.82, 2.24) is 0 Å². The van der Waals surface area contributed by atoms with Gasteiger partial charge in [0, 0.05) is 6.42 Å². The Hall–Kier alpha value is -0.290. The summed E-state index contributed by atoms with van der Waals surface area (Å²) < 4.78 is 6.70. The molecule has 0 aromatic heterocycles. The van der Waals surface area contributed by atoms with E-state index < -0.39 is 0 Å². The Morgan fingerprint density at radius 1 is 1.10 bits per heavy atom. The summed E-state index contributed by atoms with van der Waals surface area (Å²) in [5, 5.41) is 0. The van der Waals surface area contributed by atoms with Crippen molar-refractivity contribution in [3.8, 4) is 5.75 Å². The van der Waals surface area contributed by atoms with Gasteiger partial charge in [-0.1, -0.05) is 25.5 Å². The molecule has 20 heavy (non-hydrogen) atoms. The minimum absolute atomic E-state index is 0. The molecule has 0 heterocycles. The van der Waals surface area contributed by atoms with Crippen LogP contribution in [0.1, 0.15) is 38.7 Å². The molecule has 2 nitrogen and oxygen atoms in total. The first kappa shape index (κ1) is 19.7. The minimum atomic E-state index is 0. The number of hydrogen-bond donors (Lipinski definition) is 0. The van der Waals surface area contributed by atoms with Gasteiger partial charge in [0.25, 0.3) is 0 Å². The van der Waals surface area contributed by atoms with Crippen molar-refractivity contribution in [3.05, 3.63) is 29.8 Å². The van der Waals surface area contributed by atoms with Gasteiger partial charge in [-0.25, -0.2) is 0 Å². The second-order valence-corrected chi connectivity index (χ2v) is 6.35. The van der Waals surface area contributed by atoms with Crippen LogP contribution in [-0.4, -0.2) is 38.3 Å². The van der Waals surface area contributed by atoms with Crippen LogP contribution >= 0.6 is 0 Å². The summed E-state index contributed by atoms with van der Waals surface area (Å²) in [7, 11) is 6.78. The summed E-state index contributed by atoms with van der Waals surface area (Å²) in [6.07, 6.45) is 4.68. The van der Waals surface area contributed by atoms with Crippen LogP contribution in [0.3, 0.4) is 0 Å². The van der Waals surface area contributed by atoms with E-state index >= 15 is 0 Å². The maximum Gasteiger partial charge on any atom is 0.119 e. The zero-order valence-electron chi connectivity index (χ0n) is 13.7. The molecule has 0 saturated heterocycles. The number of quaternary nitrogens is 1. The predicted molar refractivity (Wildman–Crippen MR) is 82.7 cm³/mol. The Kier molecular flexibility index (Phi) is 9.47. The lowest BCUT2D eigenvalue weighted by Crippen LogP contribution is -3.00. The lowest BCUT2D eigenvalue weighted by Gasteiger charge is -2.31. The van der Waals surface area contributed by atoms with Crippen molar-refractivity contribution in [2.24, 2.45) is 0 Å². The molecule has 0 bridgehead atoms. The average molecular weight is 391 g/mol. The van der Waals surface area contributed by atoms with Gasteiger partial charge < -0.3 is 33.2 Å². The van der Waals surface area contributed by atoms with Crippen LogP contribution in [0.2, 0.25) is 0 Å². The molecular formula is C17H30INO. The maximum absolute atomic E-state index is 5.68. The summed E-state index contributed by atoms with van der Waals surface area (Å²) in [5.41, 5.74) is 1.41. The number of hydrogen-bond acceptors (Lipinski definition) is 1. The van der Waals surface area contributed by atoms with Crippen LogP contribution in [0.25, 0.3) is 0 Å². The van der Waals surface area contributed by atoms with Crippen LogP contribution in [0, 0.1) is 0 Å². The number of aryl methyl sites for hydroxylation is 1. The van der Waals surface area contributed by atoms with Gasteiger partial charge in [-0.2, -0.15) is 0 Å². The van der Waals surface area contributed by atoms with E-state index in [-0.39, 0.29) is 24.0 Å². The molecule has 1 aromatic carbocycles. The molecule has 0 aliphatic carbocycles. The highest BCUT2D eigenvalue weighted by atomic mass is 127. The molecule has 0 spiro atoms. The highest BCUT2D eigenvalue weighted by Crippen LogP contribution is 2.16. The summed E-state index contributed by atoms with van der Waals surface area (Å²) in [4.78, 5) is 0. The largest absolute Gasteiger partial charge is 1.00 e. The first-order valence-electron chi connectivity index (χ1n) is 7.46. The van der Waals surface area contributed by atoms with Crippen LogP contribution in [0.4, 0.5) is 0 Å². The van der Waals surface area contributed by atoms with Gasteiger partial charge in [-0.3, -0.25) is 0 Å². The molecule has 1 rings (SSSR count). The fourth-order valence-corrected chi connectivity index (χ4v) is 1.85. The van der Waals surface area contributed by atoms with Crippen LogP contribution in [-0.2, 0) is 6.42 Å². The molecule has 0 N–H and O–H groups in total. The predicted octanol–water partition coefficient (Wildman–Crippen LogP) is 0.897. The van der Waals surface area contributed by atoms with Gasteiger partial charge in [-0.15, -0.1) is 0 Å². The van der Waals surface area contributed by atoms with Gasteiger partial charge in [0.2, 0.25) is 0 Å². The number of rotatable bonds is 8. The minimum Gasteiger partial charge on any atom is -1.00 e.